The van der Waals surface area contributed by atoms with E-state index in [9.17, 15) is 18.8 Å². The predicted molar refractivity (Wildman–Crippen MR) is 128 cm³/mol. The maximum atomic E-state index is 13.5. The van der Waals surface area contributed by atoms with Gasteiger partial charge in [-0.3, -0.25) is 9.59 Å². The quantitative estimate of drug-likeness (QED) is 0.324. The first kappa shape index (κ1) is 25.2. The Labute approximate surface area is 202 Å². The highest BCUT2D eigenvalue weighted by Crippen LogP contribution is 2.25. The molecule has 2 aromatic carbocycles. The van der Waals surface area contributed by atoms with E-state index in [2.05, 4.69) is 0 Å². The van der Waals surface area contributed by atoms with Crippen LogP contribution in [0.15, 0.2) is 48.5 Å². The van der Waals surface area contributed by atoms with Gasteiger partial charge < -0.3 is 14.2 Å². The molecule has 178 valence electrons. The highest BCUT2D eigenvalue weighted by Gasteiger charge is 2.29. The number of esters is 1. The summed E-state index contributed by atoms with van der Waals surface area (Å²) < 4.78 is 20.0. The molecule has 0 atom stereocenters. The molecule has 1 aromatic heterocycles. The molecule has 6 nitrogen and oxygen atoms in total. The van der Waals surface area contributed by atoms with Gasteiger partial charge in [-0.2, -0.15) is 0 Å². The van der Waals surface area contributed by atoms with Crippen molar-refractivity contribution in [2.75, 3.05) is 13.7 Å². The second kappa shape index (κ2) is 10.7. The average molecular weight is 485 g/mol. The predicted octanol–water partition coefficient (Wildman–Crippen LogP) is 5.23. The van der Waals surface area contributed by atoms with Gasteiger partial charge in [-0.25, -0.2) is 9.18 Å². The minimum absolute atomic E-state index is 0.0759. The number of methoxy groups -OCH3 is 1. The lowest BCUT2D eigenvalue weighted by atomic mass is 10.0. The lowest BCUT2D eigenvalue weighted by molar-refractivity contribution is 0.0587. The van der Waals surface area contributed by atoms with E-state index in [-0.39, 0.29) is 29.5 Å². The van der Waals surface area contributed by atoms with Crippen molar-refractivity contribution in [1.82, 2.24) is 9.47 Å². The van der Waals surface area contributed by atoms with Crippen molar-refractivity contribution >= 4 is 29.3 Å². The molecule has 0 saturated carbocycles. The number of aromatic nitrogens is 1. The normalized spacial score (nSPS) is 10.8. The van der Waals surface area contributed by atoms with Crippen LogP contribution >= 0.6 is 11.6 Å². The average Bonchev–Trinajstić information content (AvgIpc) is 3.08. The number of carbonyl (C=O) groups excluding carboxylic acids is 3. The summed E-state index contributed by atoms with van der Waals surface area (Å²) in [6.45, 7) is 5.62. The van der Waals surface area contributed by atoms with Gasteiger partial charge in [0.15, 0.2) is 5.78 Å². The smallest absolute Gasteiger partial charge is 0.354 e. The maximum absolute atomic E-state index is 13.5. The van der Waals surface area contributed by atoms with Crippen LogP contribution in [-0.4, -0.2) is 40.8 Å². The number of benzene rings is 2. The summed E-state index contributed by atoms with van der Waals surface area (Å²) in [5.74, 6) is -1.68. The standard InChI is InChI=1S/C26H26ClFN2O4/c1-5-30-17(3)23(16(2)24(30)26(33)34-4)22(31)15-29(14-18-10-12-19(28)13-11-18)25(32)20-8-6-7-9-21(20)27/h6-13H,5,14-15H2,1-4H3. The van der Waals surface area contributed by atoms with Gasteiger partial charge in [0.2, 0.25) is 0 Å². The lowest BCUT2D eigenvalue weighted by Crippen LogP contribution is -2.35. The van der Waals surface area contributed by atoms with E-state index < -0.39 is 17.7 Å². The Hall–Kier alpha value is -3.45. The fourth-order valence-corrected chi connectivity index (χ4v) is 4.34. The van der Waals surface area contributed by atoms with E-state index in [1.165, 1.54) is 24.1 Å². The first-order chi connectivity index (χ1) is 16.2. The number of ether oxygens (including phenoxy) is 1. The van der Waals surface area contributed by atoms with Crippen LogP contribution in [0.5, 0.6) is 0 Å². The third-order valence-corrected chi connectivity index (χ3v) is 6.08. The van der Waals surface area contributed by atoms with Crippen LogP contribution in [0.2, 0.25) is 5.02 Å². The molecular weight excluding hydrogens is 459 g/mol. The zero-order valence-electron chi connectivity index (χ0n) is 19.5. The third kappa shape index (κ3) is 5.04. The Kier molecular flexibility index (Phi) is 7.89. The van der Waals surface area contributed by atoms with Crippen molar-refractivity contribution < 1.29 is 23.5 Å². The van der Waals surface area contributed by atoms with Crippen molar-refractivity contribution in [3.05, 3.63) is 93.0 Å². The zero-order chi connectivity index (χ0) is 25.0. The van der Waals surface area contributed by atoms with Crippen LogP contribution in [0.4, 0.5) is 4.39 Å². The molecule has 0 spiro atoms. The minimum atomic E-state index is -0.531. The number of nitrogens with zero attached hydrogens (tertiary/aromatic N) is 2. The molecule has 1 amide bonds. The van der Waals surface area contributed by atoms with Gasteiger partial charge >= 0.3 is 5.97 Å². The summed E-state index contributed by atoms with van der Waals surface area (Å²) in [6.07, 6.45) is 0. The summed E-state index contributed by atoms with van der Waals surface area (Å²) in [7, 11) is 1.29. The molecule has 0 saturated heterocycles. The highest BCUT2D eigenvalue weighted by molar-refractivity contribution is 6.33. The first-order valence-corrected chi connectivity index (χ1v) is 11.2. The number of hydrogen-bond acceptors (Lipinski definition) is 4. The van der Waals surface area contributed by atoms with E-state index in [1.807, 2.05) is 6.92 Å². The van der Waals surface area contributed by atoms with Gasteiger partial charge in [-0.1, -0.05) is 35.9 Å². The fraction of sp³-hybridized carbons (Fsp3) is 0.269. The van der Waals surface area contributed by atoms with Gasteiger partial charge in [0.05, 0.1) is 24.2 Å². The largest absolute Gasteiger partial charge is 0.464 e. The molecule has 0 radical (unpaired) electrons. The molecule has 0 aliphatic carbocycles. The van der Waals surface area contributed by atoms with Crippen molar-refractivity contribution in [2.45, 2.75) is 33.9 Å². The summed E-state index contributed by atoms with van der Waals surface area (Å²) in [5, 5.41) is 0.265. The Balaban J connectivity index is 2.01. The number of carbonyl (C=O) groups is 3. The molecule has 0 aliphatic heterocycles. The zero-order valence-corrected chi connectivity index (χ0v) is 20.3. The van der Waals surface area contributed by atoms with Crippen LogP contribution in [0.3, 0.4) is 0 Å². The minimum Gasteiger partial charge on any atom is -0.464 e. The summed E-state index contributed by atoms with van der Waals surface area (Å²) >= 11 is 6.25. The topological polar surface area (TPSA) is 68.6 Å². The second-order valence-corrected chi connectivity index (χ2v) is 8.27. The molecule has 0 fully saturated rings. The number of ketones is 1. The van der Waals surface area contributed by atoms with Crippen LogP contribution in [0, 0.1) is 19.7 Å². The highest BCUT2D eigenvalue weighted by atomic mass is 35.5. The van der Waals surface area contributed by atoms with Gasteiger partial charge in [-0.15, -0.1) is 0 Å². The van der Waals surface area contributed by atoms with Crippen molar-refractivity contribution in [1.29, 1.82) is 0 Å². The van der Waals surface area contributed by atoms with Crippen molar-refractivity contribution in [2.24, 2.45) is 0 Å². The molecular formula is C26H26ClFN2O4. The number of Topliss-reactive ketones (excluding diaryl/α,β-unsaturated/α-hetero) is 1. The van der Waals surface area contributed by atoms with E-state index in [1.54, 1.807) is 54.8 Å². The molecule has 8 heteroatoms. The monoisotopic (exact) mass is 484 g/mol. The summed E-state index contributed by atoms with van der Waals surface area (Å²) in [5.41, 5.74) is 2.73. The maximum Gasteiger partial charge on any atom is 0.354 e. The Morgan fingerprint density at radius 2 is 1.71 bits per heavy atom. The lowest BCUT2D eigenvalue weighted by Gasteiger charge is -2.23. The molecule has 0 N–H and O–H groups in total. The summed E-state index contributed by atoms with van der Waals surface area (Å²) in [4.78, 5) is 40.6. The Morgan fingerprint density at radius 1 is 1.06 bits per heavy atom. The van der Waals surface area contributed by atoms with E-state index in [0.29, 0.717) is 34.6 Å². The Morgan fingerprint density at radius 3 is 2.29 bits per heavy atom. The number of hydrogen-bond donors (Lipinski definition) is 0. The van der Waals surface area contributed by atoms with E-state index in [4.69, 9.17) is 16.3 Å². The number of amides is 1. The van der Waals surface area contributed by atoms with E-state index in [0.717, 1.165) is 0 Å². The fourth-order valence-electron chi connectivity index (χ4n) is 4.13. The van der Waals surface area contributed by atoms with Gasteiger partial charge in [-0.05, 0) is 56.2 Å². The SMILES string of the molecule is CCn1c(C)c(C(=O)CN(Cc2ccc(F)cc2)C(=O)c2ccccc2Cl)c(C)c1C(=O)OC. The molecule has 1 heterocycles. The molecule has 0 aliphatic rings. The molecule has 34 heavy (non-hydrogen) atoms. The molecule has 0 bridgehead atoms. The second-order valence-electron chi connectivity index (χ2n) is 7.86. The summed E-state index contributed by atoms with van der Waals surface area (Å²) in [6, 6.07) is 12.3. The van der Waals surface area contributed by atoms with Crippen LogP contribution in [0.25, 0.3) is 0 Å². The van der Waals surface area contributed by atoms with Gasteiger partial charge in [0.25, 0.3) is 5.91 Å². The van der Waals surface area contributed by atoms with Crippen LogP contribution in [-0.2, 0) is 17.8 Å². The van der Waals surface area contributed by atoms with Crippen LogP contribution in [0.1, 0.15) is 54.9 Å². The van der Waals surface area contributed by atoms with Crippen LogP contribution < -0.4 is 0 Å². The number of halogens is 2. The molecule has 3 rings (SSSR count). The first-order valence-electron chi connectivity index (χ1n) is 10.8. The third-order valence-electron chi connectivity index (χ3n) is 5.75. The van der Waals surface area contributed by atoms with Crippen molar-refractivity contribution in [3.63, 3.8) is 0 Å². The van der Waals surface area contributed by atoms with Crippen molar-refractivity contribution in [3.8, 4) is 0 Å². The van der Waals surface area contributed by atoms with Gasteiger partial charge in [0.1, 0.15) is 11.5 Å². The molecule has 3 aromatic rings. The molecule has 0 unspecified atom stereocenters. The van der Waals surface area contributed by atoms with Gasteiger partial charge in [0, 0.05) is 24.3 Å². The van der Waals surface area contributed by atoms with E-state index >= 15 is 0 Å². The number of rotatable bonds is 8. The Bertz CT molecular complexity index is 1230.